The zero-order valence-corrected chi connectivity index (χ0v) is 14.6. The molecule has 22 heavy (non-hydrogen) atoms. The Morgan fingerprint density at radius 3 is 2.55 bits per heavy atom. The van der Waals surface area contributed by atoms with Crippen molar-refractivity contribution < 1.29 is 14.4 Å². The van der Waals surface area contributed by atoms with Crippen LogP contribution in [0.25, 0.3) is 0 Å². The molecule has 1 aromatic carbocycles. The van der Waals surface area contributed by atoms with Crippen molar-refractivity contribution in [2.45, 2.75) is 32.2 Å². The van der Waals surface area contributed by atoms with E-state index in [0.29, 0.717) is 18.5 Å². The fraction of sp³-hybridized carbons (Fsp3) is 0.400. The van der Waals surface area contributed by atoms with E-state index in [4.69, 9.17) is 0 Å². The first-order valence-electron chi connectivity index (χ1n) is 7.11. The summed E-state index contributed by atoms with van der Waals surface area (Å²) in [5.41, 5.74) is -0.236. The minimum atomic E-state index is -0.876. The maximum atomic E-state index is 12.4. The second kappa shape index (κ2) is 6.64. The Hall–Kier alpha value is -1.64. The predicted octanol–water partition coefficient (Wildman–Crippen LogP) is 2.34. The first-order valence-corrected chi connectivity index (χ1v) is 8.19. The third-order valence-electron chi connectivity index (χ3n) is 3.86. The molecule has 0 aromatic heterocycles. The molecule has 1 fully saturated rings. The third kappa shape index (κ3) is 3.23. The average molecular weight is 415 g/mol. The molecule has 0 radical (unpaired) electrons. The van der Waals surface area contributed by atoms with Gasteiger partial charge in [-0.2, -0.15) is 0 Å². The van der Waals surface area contributed by atoms with E-state index in [1.54, 1.807) is 6.07 Å². The molecule has 1 saturated heterocycles. The van der Waals surface area contributed by atoms with Crippen LogP contribution in [0.3, 0.4) is 0 Å². The lowest BCUT2D eigenvalue weighted by Gasteiger charge is -2.23. The van der Waals surface area contributed by atoms with Gasteiger partial charge in [-0.05, 0) is 53.6 Å². The minimum Gasteiger partial charge on any atom is -0.324 e. The van der Waals surface area contributed by atoms with Crippen molar-refractivity contribution in [1.29, 1.82) is 0 Å². The molecule has 0 unspecified atom stereocenters. The second-order valence-electron chi connectivity index (χ2n) is 5.17. The summed E-state index contributed by atoms with van der Waals surface area (Å²) < 4.78 is 0.987. The third-order valence-corrected chi connectivity index (χ3v) is 4.53. The Morgan fingerprint density at radius 2 is 2.00 bits per heavy atom. The zero-order chi connectivity index (χ0) is 16.3. The second-order valence-corrected chi connectivity index (χ2v) is 6.41. The van der Waals surface area contributed by atoms with Gasteiger partial charge in [-0.1, -0.05) is 19.9 Å². The first-order chi connectivity index (χ1) is 10.4. The van der Waals surface area contributed by atoms with Crippen LogP contribution in [0, 0.1) is 3.57 Å². The molecule has 4 amide bonds. The average Bonchev–Trinajstić information content (AvgIpc) is 2.72. The SMILES string of the molecule is CCC1(CC)NC(=O)N(CC(=O)Nc2cccc(I)c2)C1=O. The van der Waals surface area contributed by atoms with Gasteiger partial charge in [0, 0.05) is 9.26 Å². The maximum Gasteiger partial charge on any atom is 0.325 e. The molecular formula is C15H18IN3O3. The van der Waals surface area contributed by atoms with Gasteiger partial charge in [-0.15, -0.1) is 0 Å². The Kier molecular flexibility index (Phi) is 5.05. The highest BCUT2D eigenvalue weighted by Crippen LogP contribution is 2.24. The number of imide groups is 1. The number of carbonyl (C=O) groups is 3. The number of nitrogens with one attached hydrogen (secondary N) is 2. The van der Waals surface area contributed by atoms with Crippen LogP contribution in [-0.2, 0) is 9.59 Å². The summed E-state index contributed by atoms with van der Waals surface area (Å²) in [5, 5.41) is 5.40. The van der Waals surface area contributed by atoms with Gasteiger partial charge < -0.3 is 10.6 Å². The first kappa shape index (κ1) is 16.7. The van der Waals surface area contributed by atoms with Gasteiger partial charge in [0.25, 0.3) is 5.91 Å². The normalized spacial score (nSPS) is 16.6. The van der Waals surface area contributed by atoms with Crippen molar-refractivity contribution in [2.75, 3.05) is 11.9 Å². The quantitative estimate of drug-likeness (QED) is 0.573. The highest BCUT2D eigenvalue weighted by molar-refractivity contribution is 14.1. The van der Waals surface area contributed by atoms with Crippen molar-refractivity contribution in [1.82, 2.24) is 10.2 Å². The van der Waals surface area contributed by atoms with Gasteiger partial charge in [-0.3, -0.25) is 14.5 Å². The molecule has 0 atom stereocenters. The number of hydrogen-bond acceptors (Lipinski definition) is 3. The molecule has 0 bridgehead atoms. The molecule has 1 heterocycles. The van der Waals surface area contributed by atoms with E-state index in [-0.39, 0.29) is 12.5 Å². The lowest BCUT2D eigenvalue weighted by atomic mass is 9.93. The van der Waals surface area contributed by atoms with E-state index in [1.165, 1.54) is 0 Å². The number of carbonyl (C=O) groups excluding carboxylic acids is 3. The van der Waals surface area contributed by atoms with Gasteiger partial charge >= 0.3 is 6.03 Å². The summed E-state index contributed by atoms with van der Waals surface area (Å²) in [7, 11) is 0. The number of hydrogen-bond donors (Lipinski definition) is 2. The van der Waals surface area contributed by atoms with Gasteiger partial charge in [0.2, 0.25) is 5.91 Å². The molecule has 0 aliphatic carbocycles. The highest BCUT2D eigenvalue weighted by Gasteiger charge is 2.49. The van der Waals surface area contributed by atoms with E-state index in [1.807, 2.05) is 32.0 Å². The topological polar surface area (TPSA) is 78.5 Å². The molecular weight excluding hydrogens is 397 g/mol. The van der Waals surface area contributed by atoms with Crippen LogP contribution in [0.4, 0.5) is 10.5 Å². The Balaban J connectivity index is 2.06. The highest BCUT2D eigenvalue weighted by atomic mass is 127. The number of rotatable bonds is 5. The smallest absolute Gasteiger partial charge is 0.324 e. The van der Waals surface area contributed by atoms with E-state index in [0.717, 1.165) is 8.47 Å². The van der Waals surface area contributed by atoms with Crippen molar-refractivity contribution >= 4 is 46.1 Å². The monoisotopic (exact) mass is 415 g/mol. The number of anilines is 1. The number of halogens is 1. The van der Waals surface area contributed by atoms with E-state index >= 15 is 0 Å². The Bertz CT molecular complexity index is 614. The van der Waals surface area contributed by atoms with Crippen LogP contribution in [0.5, 0.6) is 0 Å². The molecule has 0 saturated carbocycles. The molecule has 1 aromatic rings. The lowest BCUT2D eigenvalue weighted by molar-refractivity contribution is -0.134. The summed E-state index contributed by atoms with van der Waals surface area (Å²) in [6.07, 6.45) is 1.01. The number of benzene rings is 1. The predicted molar refractivity (Wildman–Crippen MR) is 91.3 cm³/mol. The molecule has 2 rings (SSSR count). The van der Waals surface area contributed by atoms with Gasteiger partial charge in [-0.25, -0.2) is 4.79 Å². The van der Waals surface area contributed by atoms with E-state index < -0.39 is 17.5 Å². The Labute approximate surface area is 142 Å². The fourth-order valence-electron chi connectivity index (χ4n) is 2.46. The van der Waals surface area contributed by atoms with Crippen LogP contribution < -0.4 is 10.6 Å². The van der Waals surface area contributed by atoms with E-state index in [2.05, 4.69) is 33.2 Å². The van der Waals surface area contributed by atoms with Crippen LogP contribution in [0.2, 0.25) is 0 Å². The summed E-state index contributed by atoms with van der Waals surface area (Å²) >= 11 is 2.14. The standard InChI is InChI=1S/C15H18IN3O3/c1-3-15(4-2)13(21)19(14(22)18-15)9-12(20)17-11-7-5-6-10(16)8-11/h5-8H,3-4,9H2,1-2H3,(H,17,20)(H,18,22). The molecule has 7 heteroatoms. The zero-order valence-electron chi connectivity index (χ0n) is 12.5. The minimum absolute atomic E-state index is 0.280. The molecule has 2 N–H and O–H groups in total. The van der Waals surface area contributed by atoms with Crippen LogP contribution >= 0.6 is 22.6 Å². The number of amides is 4. The van der Waals surface area contributed by atoms with Crippen molar-refractivity contribution in [3.63, 3.8) is 0 Å². The van der Waals surface area contributed by atoms with Gasteiger partial charge in [0.05, 0.1) is 0 Å². The summed E-state index contributed by atoms with van der Waals surface area (Å²) in [6, 6.07) is 6.79. The molecule has 118 valence electrons. The van der Waals surface area contributed by atoms with Crippen molar-refractivity contribution in [3.05, 3.63) is 27.8 Å². The lowest BCUT2D eigenvalue weighted by Crippen LogP contribution is -2.46. The number of urea groups is 1. The van der Waals surface area contributed by atoms with Crippen LogP contribution in [0.15, 0.2) is 24.3 Å². The van der Waals surface area contributed by atoms with Gasteiger partial charge in [0.15, 0.2) is 0 Å². The summed E-state index contributed by atoms with van der Waals surface area (Å²) in [5.74, 6) is -0.728. The summed E-state index contributed by atoms with van der Waals surface area (Å²) in [6.45, 7) is 3.41. The largest absolute Gasteiger partial charge is 0.325 e. The molecule has 1 aliphatic heterocycles. The summed E-state index contributed by atoms with van der Waals surface area (Å²) in [4.78, 5) is 37.4. The van der Waals surface area contributed by atoms with Crippen molar-refractivity contribution in [3.8, 4) is 0 Å². The molecule has 0 spiro atoms. The molecule has 1 aliphatic rings. The van der Waals surface area contributed by atoms with Crippen LogP contribution in [0.1, 0.15) is 26.7 Å². The van der Waals surface area contributed by atoms with Crippen molar-refractivity contribution in [2.24, 2.45) is 0 Å². The van der Waals surface area contributed by atoms with Gasteiger partial charge in [0.1, 0.15) is 12.1 Å². The maximum absolute atomic E-state index is 12.4. The number of nitrogens with zero attached hydrogens (tertiary/aromatic N) is 1. The molecule has 6 nitrogen and oxygen atoms in total. The van der Waals surface area contributed by atoms with E-state index in [9.17, 15) is 14.4 Å². The Morgan fingerprint density at radius 1 is 1.32 bits per heavy atom. The fourth-order valence-corrected chi connectivity index (χ4v) is 3.00. The van der Waals surface area contributed by atoms with Crippen LogP contribution in [-0.4, -0.2) is 34.8 Å².